The molecule has 0 aliphatic heterocycles. The van der Waals surface area contributed by atoms with Crippen molar-refractivity contribution in [3.63, 3.8) is 0 Å². The predicted molar refractivity (Wildman–Crippen MR) is 54.2 cm³/mol. The van der Waals surface area contributed by atoms with E-state index in [-0.39, 0.29) is 0 Å². The lowest BCUT2D eigenvalue weighted by molar-refractivity contribution is 1.08. The summed E-state index contributed by atoms with van der Waals surface area (Å²) >= 11 is 1.27. The summed E-state index contributed by atoms with van der Waals surface area (Å²) in [6.07, 6.45) is 0. The van der Waals surface area contributed by atoms with E-state index in [9.17, 15) is 0 Å². The Kier molecular flexibility index (Phi) is 2.40. The third kappa shape index (κ3) is 1.71. The molecule has 1 heterocycles. The second-order valence-electron chi connectivity index (χ2n) is 2.45. The molecule has 0 saturated heterocycles. The molecule has 0 spiro atoms. The third-order valence-corrected chi connectivity index (χ3v) is 2.42. The van der Waals surface area contributed by atoms with E-state index in [2.05, 4.69) is 20.2 Å². The van der Waals surface area contributed by atoms with Crippen LogP contribution in [0.25, 0.3) is 21.0 Å². The van der Waals surface area contributed by atoms with Gasteiger partial charge in [-0.2, -0.15) is 0 Å². The topological polar surface area (TPSA) is 74.5 Å². The summed E-state index contributed by atoms with van der Waals surface area (Å²) < 4.78 is 0. The minimum Gasteiger partial charge on any atom is -0.138 e. The summed E-state index contributed by atoms with van der Waals surface area (Å²) in [5.41, 5.74) is 9.17. The highest BCUT2D eigenvalue weighted by Crippen LogP contribution is 2.27. The van der Waals surface area contributed by atoms with Gasteiger partial charge in [0, 0.05) is 10.5 Å². The molecule has 68 valence electrons. The van der Waals surface area contributed by atoms with E-state index in [0.717, 1.165) is 10.6 Å². The van der Waals surface area contributed by atoms with Gasteiger partial charge in [-0.25, -0.2) is 0 Å². The first-order chi connectivity index (χ1) is 6.90. The highest BCUT2D eigenvalue weighted by molar-refractivity contribution is 7.18. The summed E-state index contributed by atoms with van der Waals surface area (Å²) in [7, 11) is 0. The van der Waals surface area contributed by atoms with Crippen LogP contribution in [0, 0.1) is 0 Å². The Morgan fingerprint density at radius 2 is 2.00 bits per heavy atom. The van der Waals surface area contributed by atoms with Gasteiger partial charge in [0.15, 0.2) is 0 Å². The molecule has 1 aromatic carbocycles. The lowest BCUT2D eigenvalue weighted by atomic mass is 10.2. The number of hydrogen-bond donors (Lipinski definition) is 0. The average molecular weight is 203 g/mol. The van der Waals surface area contributed by atoms with Crippen molar-refractivity contribution in [2.24, 2.45) is 5.11 Å². The minimum absolute atomic E-state index is 0.339. The molecular weight excluding hydrogens is 198 g/mol. The lowest BCUT2D eigenvalue weighted by Crippen LogP contribution is -1.74. The molecule has 0 bridgehead atoms. The Balaban J connectivity index is 2.39. The van der Waals surface area contributed by atoms with Crippen LogP contribution in [0.3, 0.4) is 0 Å². The molecule has 0 atom stereocenters. The highest BCUT2D eigenvalue weighted by atomic mass is 32.1. The van der Waals surface area contributed by atoms with Gasteiger partial charge < -0.3 is 0 Å². The molecule has 0 fully saturated rings. The zero-order valence-corrected chi connectivity index (χ0v) is 7.85. The van der Waals surface area contributed by atoms with Gasteiger partial charge in [0.1, 0.15) is 5.01 Å². The largest absolute Gasteiger partial charge is 0.204 e. The van der Waals surface area contributed by atoms with Crippen molar-refractivity contribution in [1.29, 1.82) is 0 Å². The molecule has 0 radical (unpaired) electrons. The number of benzene rings is 1. The van der Waals surface area contributed by atoms with Crippen LogP contribution >= 0.6 is 11.3 Å². The van der Waals surface area contributed by atoms with Crippen molar-refractivity contribution in [1.82, 2.24) is 10.2 Å². The molecule has 14 heavy (non-hydrogen) atoms. The molecule has 0 N–H and O–H groups in total. The van der Waals surface area contributed by atoms with Crippen molar-refractivity contribution in [3.05, 3.63) is 40.8 Å². The van der Waals surface area contributed by atoms with Crippen LogP contribution in [0.2, 0.25) is 0 Å². The van der Waals surface area contributed by atoms with Gasteiger partial charge in [0.25, 0.3) is 0 Å². The zero-order valence-electron chi connectivity index (χ0n) is 7.03. The number of rotatable bonds is 2. The normalized spacial score (nSPS) is 9.43. The van der Waals surface area contributed by atoms with Gasteiger partial charge >= 0.3 is 0 Å². The van der Waals surface area contributed by atoms with Gasteiger partial charge in [-0.1, -0.05) is 41.7 Å². The van der Waals surface area contributed by atoms with E-state index >= 15 is 0 Å². The molecule has 0 saturated carbocycles. The first-order valence-corrected chi connectivity index (χ1v) is 4.66. The predicted octanol–water partition coefficient (Wildman–Crippen LogP) is 3.15. The van der Waals surface area contributed by atoms with Crippen molar-refractivity contribution < 1.29 is 0 Å². The van der Waals surface area contributed by atoms with Gasteiger partial charge in [0.05, 0.1) is 0 Å². The summed E-state index contributed by atoms with van der Waals surface area (Å²) in [5, 5.41) is 12.1. The number of aromatic nitrogens is 2. The van der Waals surface area contributed by atoms with Crippen molar-refractivity contribution in [3.8, 4) is 10.6 Å². The van der Waals surface area contributed by atoms with Gasteiger partial charge in [-0.05, 0) is 10.6 Å². The first kappa shape index (κ1) is 8.68. The Hall–Kier alpha value is -1.91. The SMILES string of the molecule is [N-]=[N+]=Nc1nnc(-c2ccccc2)s1. The summed E-state index contributed by atoms with van der Waals surface area (Å²) in [5.74, 6) is 0. The lowest BCUT2D eigenvalue weighted by Gasteiger charge is -1.90. The van der Waals surface area contributed by atoms with Crippen molar-refractivity contribution in [2.75, 3.05) is 0 Å². The molecule has 1 aromatic heterocycles. The third-order valence-electron chi connectivity index (χ3n) is 1.57. The van der Waals surface area contributed by atoms with Crippen molar-refractivity contribution >= 4 is 16.5 Å². The summed E-state index contributed by atoms with van der Waals surface area (Å²) in [6.45, 7) is 0. The average Bonchev–Trinajstić information content (AvgIpc) is 2.68. The van der Waals surface area contributed by atoms with Gasteiger partial charge in [-0.3, -0.25) is 0 Å². The number of nitrogens with zero attached hydrogens (tertiary/aromatic N) is 5. The van der Waals surface area contributed by atoms with E-state index in [1.807, 2.05) is 30.3 Å². The molecule has 0 aliphatic carbocycles. The van der Waals surface area contributed by atoms with Crippen molar-refractivity contribution in [2.45, 2.75) is 0 Å². The first-order valence-electron chi connectivity index (χ1n) is 3.84. The second kappa shape index (κ2) is 3.87. The quantitative estimate of drug-likeness (QED) is 0.427. The molecule has 0 aliphatic rings. The maximum absolute atomic E-state index is 8.20. The molecule has 2 aromatic rings. The zero-order chi connectivity index (χ0) is 9.80. The molecule has 0 unspecified atom stereocenters. The highest BCUT2D eigenvalue weighted by Gasteiger charge is 2.03. The van der Waals surface area contributed by atoms with E-state index < -0.39 is 0 Å². The Bertz CT molecular complexity index is 471. The van der Waals surface area contributed by atoms with Crippen LogP contribution in [0.15, 0.2) is 35.4 Å². The minimum atomic E-state index is 0.339. The van der Waals surface area contributed by atoms with E-state index in [0.29, 0.717) is 5.13 Å². The van der Waals surface area contributed by atoms with Crippen LogP contribution < -0.4 is 0 Å². The molecular formula is C8H5N5S. The monoisotopic (exact) mass is 203 g/mol. The van der Waals surface area contributed by atoms with Crippen LogP contribution in [-0.2, 0) is 0 Å². The second-order valence-corrected chi connectivity index (χ2v) is 3.40. The Labute approximate surface area is 83.7 Å². The fraction of sp³-hybridized carbons (Fsp3) is 0. The molecule has 2 rings (SSSR count). The van der Waals surface area contributed by atoms with E-state index in [1.165, 1.54) is 11.3 Å². The number of azide groups is 1. The molecule has 5 nitrogen and oxygen atoms in total. The maximum atomic E-state index is 8.20. The molecule has 6 heteroatoms. The van der Waals surface area contributed by atoms with Gasteiger partial charge in [-0.15, -0.1) is 10.2 Å². The maximum Gasteiger partial charge on any atom is 0.204 e. The smallest absolute Gasteiger partial charge is 0.138 e. The van der Waals surface area contributed by atoms with Crippen LogP contribution in [0.4, 0.5) is 5.13 Å². The Morgan fingerprint density at radius 3 is 2.71 bits per heavy atom. The van der Waals surface area contributed by atoms with Crippen LogP contribution in [0.5, 0.6) is 0 Å². The fourth-order valence-electron chi connectivity index (χ4n) is 0.992. The standard InChI is InChI=1S/C8H5N5S/c9-13-12-8-11-10-7(14-8)6-4-2-1-3-5-6/h1-5H. The summed E-state index contributed by atoms with van der Waals surface area (Å²) in [4.78, 5) is 2.65. The van der Waals surface area contributed by atoms with Gasteiger partial charge in [0.2, 0.25) is 5.13 Å². The Morgan fingerprint density at radius 1 is 1.21 bits per heavy atom. The number of hydrogen-bond acceptors (Lipinski definition) is 4. The van der Waals surface area contributed by atoms with E-state index in [1.54, 1.807) is 0 Å². The fourth-order valence-corrected chi connectivity index (χ4v) is 1.66. The molecule has 0 amide bonds. The van der Waals surface area contributed by atoms with Crippen LogP contribution in [-0.4, -0.2) is 10.2 Å². The van der Waals surface area contributed by atoms with E-state index in [4.69, 9.17) is 5.53 Å². The van der Waals surface area contributed by atoms with Crippen LogP contribution in [0.1, 0.15) is 0 Å². The summed E-state index contributed by atoms with van der Waals surface area (Å²) in [6, 6.07) is 9.63.